The van der Waals surface area contributed by atoms with E-state index in [1.54, 1.807) is 29.9 Å². The number of aromatic nitrogens is 4. The molecule has 0 aliphatic carbocycles. The van der Waals surface area contributed by atoms with Gasteiger partial charge in [-0.15, -0.1) is 0 Å². The maximum atomic E-state index is 12.0. The summed E-state index contributed by atoms with van der Waals surface area (Å²) in [5.41, 5.74) is 0.675. The predicted octanol–water partition coefficient (Wildman–Crippen LogP) is 0.771. The Hall–Kier alpha value is -2.44. The van der Waals surface area contributed by atoms with E-state index < -0.39 is 0 Å². The number of nitrogens with zero attached hydrogens (tertiary/aromatic N) is 5. The van der Waals surface area contributed by atoms with E-state index in [9.17, 15) is 9.59 Å². The molecule has 0 unspecified atom stereocenters. The second-order valence-electron chi connectivity index (χ2n) is 7.46. The van der Waals surface area contributed by atoms with E-state index in [0.717, 1.165) is 18.8 Å². The van der Waals surface area contributed by atoms with Crippen molar-refractivity contribution < 1.29 is 0 Å². The summed E-state index contributed by atoms with van der Waals surface area (Å²) in [5, 5.41) is 4.51. The van der Waals surface area contributed by atoms with Gasteiger partial charge in [0.15, 0.2) is 0 Å². The van der Waals surface area contributed by atoms with Crippen LogP contribution in [0.5, 0.6) is 0 Å². The van der Waals surface area contributed by atoms with Gasteiger partial charge in [0, 0.05) is 43.6 Å². The minimum atomic E-state index is -0.0882. The van der Waals surface area contributed by atoms with Crippen LogP contribution < -0.4 is 16.0 Å². The molecule has 24 heavy (non-hydrogen) atoms. The average molecular weight is 329 g/mol. The molecule has 2 aromatic rings. The topological polar surface area (TPSA) is 73.0 Å². The molecule has 7 nitrogen and oxygen atoms in total. The Balaban J connectivity index is 1.68. The van der Waals surface area contributed by atoms with Crippen LogP contribution in [0.15, 0.2) is 34.1 Å². The standard InChI is InChI=1S/C17H23N5O2/c1-17(2,3)13-5-6-15(23)22(19-13)10-12-8-21(9-12)14-7-16(24)20(4)11-18-14/h5-7,11-12H,8-10H2,1-4H3. The maximum Gasteiger partial charge on any atom is 0.266 e. The minimum absolute atomic E-state index is 0.0702. The van der Waals surface area contributed by atoms with Gasteiger partial charge in [-0.25, -0.2) is 9.67 Å². The van der Waals surface area contributed by atoms with E-state index in [1.807, 2.05) is 4.90 Å². The van der Waals surface area contributed by atoms with E-state index in [1.165, 1.54) is 10.9 Å². The summed E-state index contributed by atoms with van der Waals surface area (Å²) in [6, 6.07) is 4.93. The summed E-state index contributed by atoms with van der Waals surface area (Å²) >= 11 is 0. The highest BCUT2D eigenvalue weighted by molar-refractivity contribution is 5.40. The highest BCUT2D eigenvalue weighted by Gasteiger charge is 2.29. The van der Waals surface area contributed by atoms with Crippen molar-refractivity contribution in [2.45, 2.75) is 32.7 Å². The van der Waals surface area contributed by atoms with Gasteiger partial charge in [-0.2, -0.15) is 5.10 Å². The van der Waals surface area contributed by atoms with Gasteiger partial charge in [-0.1, -0.05) is 20.8 Å². The van der Waals surface area contributed by atoms with Gasteiger partial charge in [-0.3, -0.25) is 9.59 Å². The summed E-state index contributed by atoms with van der Waals surface area (Å²) < 4.78 is 3.00. The van der Waals surface area contributed by atoms with Gasteiger partial charge < -0.3 is 9.47 Å². The fourth-order valence-electron chi connectivity index (χ4n) is 2.72. The van der Waals surface area contributed by atoms with Crippen LogP contribution in [0, 0.1) is 5.92 Å². The first-order valence-electron chi connectivity index (χ1n) is 8.10. The van der Waals surface area contributed by atoms with Crippen LogP contribution in [0.25, 0.3) is 0 Å². The van der Waals surface area contributed by atoms with Crippen molar-refractivity contribution in [3.05, 3.63) is 50.9 Å². The Bertz CT molecular complexity index is 856. The first-order chi connectivity index (χ1) is 11.2. The molecule has 1 fully saturated rings. The average Bonchev–Trinajstić information content (AvgIpc) is 2.46. The molecule has 128 valence electrons. The number of rotatable bonds is 3. The van der Waals surface area contributed by atoms with E-state index in [-0.39, 0.29) is 16.5 Å². The van der Waals surface area contributed by atoms with Crippen LogP contribution in [0.3, 0.4) is 0 Å². The molecule has 0 spiro atoms. The van der Waals surface area contributed by atoms with Crippen molar-refractivity contribution >= 4 is 5.82 Å². The molecule has 0 amide bonds. The number of hydrogen-bond donors (Lipinski definition) is 0. The van der Waals surface area contributed by atoms with Crippen molar-refractivity contribution in [3.8, 4) is 0 Å². The predicted molar refractivity (Wildman–Crippen MR) is 92.4 cm³/mol. The molecule has 1 aliphatic heterocycles. The zero-order valence-electron chi connectivity index (χ0n) is 14.6. The van der Waals surface area contributed by atoms with Crippen molar-refractivity contribution in [2.75, 3.05) is 18.0 Å². The third-order valence-corrected chi connectivity index (χ3v) is 4.31. The molecule has 3 rings (SSSR count). The smallest absolute Gasteiger partial charge is 0.266 e. The van der Waals surface area contributed by atoms with Gasteiger partial charge in [0.2, 0.25) is 0 Å². The summed E-state index contributed by atoms with van der Waals surface area (Å²) in [6.45, 7) is 8.37. The largest absolute Gasteiger partial charge is 0.356 e. The molecular formula is C17H23N5O2. The quantitative estimate of drug-likeness (QED) is 0.832. The first kappa shape index (κ1) is 16.4. The summed E-state index contributed by atoms with van der Waals surface area (Å²) in [7, 11) is 1.68. The SMILES string of the molecule is Cn1cnc(N2CC(Cn3nc(C(C)(C)C)ccc3=O)C2)cc1=O. The first-order valence-corrected chi connectivity index (χ1v) is 8.10. The molecule has 1 saturated heterocycles. The second kappa shape index (κ2) is 5.89. The molecule has 0 bridgehead atoms. The van der Waals surface area contributed by atoms with Crippen LogP contribution in [-0.2, 0) is 19.0 Å². The van der Waals surface area contributed by atoms with Gasteiger partial charge in [0.05, 0.1) is 18.6 Å². The molecule has 0 radical (unpaired) electrons. The molecule has 0 saturated carbocycles. The van der Waals surface area contributed by atoms with Crippen molar-refractivity contribution in [2.24, 2.45) is 13.0 Å². The summed E-state index contributed by atoms with van der Waals surface area (Å²) in [5.74, 6) is 1.02. The Morgan fingerprint density at radius 1 is 1.17 bits per heavy atom. The molecule has 3 heterocycles. The Morgan fingerprint density at radius 2 is 1.88 bits per heavy atom. The Kier molecular flexibility index (Phi) is 4.03. The molecule has 1 aliphatic rings. The molecule has 0 aromatic carbocycles. The molecular weight excluding hydrogens is 306 g/mol. The fraction of sp³-hybridized carbons (Fsp3) is 0.529. The Morgan fingerprint density at radius 3 is 2.50 bits per heavy atom. The number of anilines is 1. The van der Waals surface area contributed by atoms with Gasteiger partial charge in [0.25, 0.3) is 11.1 Å². The Labute approximate surface area is 140 Å². The normalized spacial score (nSPS) is 15.4. The monoisotopic (exact) mass is 329 g/mol. The lowest BCUT2D eigenvalue weighted by atomic mass is 9.92. The third-order valence-electron chi connectivity index (χ3n) is 4.31. The van der Waals surface area contributed by atoms with E-state index in [2.05, 4.69) is 30.9 Å². The fourth-order valence-corrected chi connectivity index (χ4v) is 2.72. The zero-order valence-corrected chi connectivity index (χ0v) is 14.6. The summed E-state index contributed by atoms with van der Waals surface area (Å²) in [6.07, 6.45) is 1.53. The van der Waals surface area contributed by atoms with Crippen LogP contribution in [0.2, 0.25) is 0 Å². The van der Waals surface area contributed by atoms with Crippen molar-refractivity contribution in [1.29, 1.82) is 0 Å². The highest BCUT2D eigenvalue weighted by Crippen LogP contribution is 2.23. The lowest BCUT2D eigenvalue weighted by molar-refractivity contribution is 0.327. The second-order valence-corrected chi connectivity index (χ2v) is 7.46. The lowest BCUT2D eigenvalue weighted by Gasteiger charge is -2.40. The van der Waals surface area contributed by atoms with E-state index in [0.29, 0.717) is 18.3 Å². The van der Waals surface area contributed by atoms with Crippen LogP contribution in [-0.4, -0.2) is 32.4 Å². The van der Waals surface area contributed by atoms with E-state index in [4.69, 9.17) is 0 Å². The lowest BCUT2D eigenvalue weighted by Crippen LogP contribution is -2.50. The van der Waals surface area contributed by atoms with Crippen molar-refractivity contribution in [3.63, 3.8) is 0 Å². The minimum Gasteiger partial charge on any atom is -0.356 e. The maximum absolute atomic E-state index is 12.0. The van der Waals surface area contributed by atoms with Crippen LogP contribution >= 0.6 is 0 Å². The molecule has 2 aromatic heterocycles. The molecule has 0 N–H and O–H groups in total. The zero-order chi connectivity index (χ0) is 17.5. The van der Waals surface area contributed by atoms with Crippen molar-refractivity contribution in [1.82, 2.24) is 19.3 Å². The van der Waals surface area contributed by atoms with E-state index >= 15 is 0 Å². The van der Waals surface area contributed by atoms with Gasteiger partial charge >= 0.3 is 0 Å². The van der Waals surface area contributed by atoms with Gasteiger partial charge in [0.1, 0.15) is 5.82 Å². The van der Waals surface area contributed by atoms with Gasteiger partial charge in [-0.05, 0) is 6.07 Å². The summed E-state index contributed by atoms with van der Waals surface area (Å²) in [4.78, 5) is 30.0. The molecule has 0 atom stereocenters. The number of hydrogen-bond acceptors (Lipinski definition) is 5. The highest BCUT2D eigenvalue weighted by atomic mass is 16.1. The number of aryl methyl sites for hydroxylation is 1. The van der Waals surface area contributed by atoms with Crippen LogP contribution in [0.1, 0.15) is 26.5 Å². The molecule has 7 heteroatoms. The third kappa shape index (κ3) is 3.25. The van der Waals surface area contributed by atoms with Crippen LogP contribution in [0.4, 0.5) is 5.82 Å².